The topological polar surface area (TPSA) is 15.3 Å². The molecule has 1 rings (SSSR count). The predicted molar refractivity (Wildman–Crippen MR) is 25.2 cm³/mol. The van der Waals surface area contributed by atoms with Crippen LogP contribution in [0.2, 0.25) is 0 Å². The first-order chi connectivity index (χ1) is 2.93. The molecule has 1 fully saturated rings. The van der Waals surface area contributed by atoms with Crippen molar-refractivity contribution in [2.24, 2.45) is 0 Å². The Hall–Kier alpha value is -0.0800. The van der Waals surface area contributed by atoms with Crippen LogP contribution in [0.5, 0.6) is 0 Å². The Kier molecular flexibility index (Phi) is 1.08. The zero-order chi connectivity index (χ0) is 4.41. The summed E-state index contributed by atoms with van der Waals surface area (Å²) in [4.78, 5) is 2.32. The van der Waals surface area contributed by atoms with Crippen LogP contribution in [-0.4, -0.2) is 24.8 Å². The van der Waals surface area contributed by atoms with Crippen LogP contribution >= 0.6 is 0 Å². The molecule has 0 aromatic rings. The van der Waals surface area contributed by atoms with Gasteiger partial charge in [0, 0.05) is 0 Å². The van der Waals surface area contributed by atoms with Gasteiger partial charge in [-0.15, -0.1) is 0 Å². The summed E-state index contributed by atoms with van der Waals surface area (Å²) in [6.45, 7) is 5.54. The van der Waals surface area contributed by atoms with Crippen molar-refractivity contribution in [2.75, 3.05) is 19.9 Å². The van der Waals surface area contributed by atoms with E-state index in [1.165, 1.54) is 6.54 Å². The van der Waals surface area contributed by atoms with E-state index in [0.717, 1.165) is 13.3 Å². The van der Waals surface area contributed by atoms with Crippen molar-refractivity contribution in [3.05, 3.63) is 0 Å². The zero-order valence-electron chi connectivity index (χ0n) is 4.07. The molecule has 1 saturated heterocycles. The van der Waals surface area contributed by atoms with Crippen LogP contribution in [-0.2, 0) is 0 Å². The molecule has 1 N–H and O–H groups in total. The minimum atomic E-state index is 1.09. The molecule has 0 amide bonds. The molecule has 1 aliphatic heterocycles. The molecular weight excluding hydrogens is 76.1 g/mol. The first-order valence-corrected chi connectivity index (χ1v) is 2.36. The molecular formula is C4H10N2. The Bertz CT molecular complexity index is 38.1. The van der Waals surface area contributed by atoms with Gasteiger partial charge in [-0.3, -0.25) is 10.2 Å². The Labute approximate surface area is 38.1 Å². The van der Waals surface area contributed by atoms with Crippen LogP contribution in [0.25, 0.3) is 0 Å². The average molecular weight is 86.1 g/mol. The Balaban J connectivity index is 2.01. The lowest BCUT2D eigenvalue weighted by Gasteiger charge is -2.30. The van der Waals surface area contributed by atoms with E-state index in [2.05, 4.69) is 17.1 Å². The van der Waals surface area contributed by atoms with Crippen molar-refractivity contribution in [1.29, 1.82) is 0 Å². The van der Waals surface area contributed by atoms with E-state index in [4.69, 9.17) is 0 Å². The van der Waals surface area contributed by atoms with Crippen molar-refractivity contribution >= 4 is 0 Å². The number of nitrogens with zero attached hydrogens (tertiary/aromatic N) is 1. The quantitative estimate of drug-likeness (QED) is 0.476. The highest BCUT2D eigenvalue weighted by Gasteiger charge is 2.07. The number of rotatable bonds is 1. The molecule has 0 saturated carbocycles. The summed E-state index contributed by atoms with van der Waals surface area (Å²) in [6.07, 6.45) is 0. The van der Waals surface area contributed by atoms with Crippen LogP contribution in [0.15, 0.2) is 0 Å². The molecule has 0 unspecified atom stereocenters. The maximum Gasteiger partial charge on any atom is 0.0502 e. The lowest BCUT2D eigenvalue weighted by molar-refractivity contribution is 0.147. The highest BCUT2D eigenvalue weighted by atomic mass is 15.4. The summed E-state index contributed by atoms with van der Waals surface area (Å²) in [7, 11) is 0. The Morgan fingerprint density at radius 1 is 1.67 bits per heavy atom. The first kappa shape index (κ1) is 4.09. The van der Waals surface area contributed by atoms with E-state index < -0.39 is 0 Å². The third kappa shape index (κ3) is 0.533. The SMILES string of the molecule is CCN1CNC1. The van der Waals surface area contributed by atoms with Crippen LogP contribution in [0.1, 0.15) is 6.92 Å². The third-order valence-corrected chi connectivity index (χ3v) is 1.12. The predicted octanol–water partition coefficient (Wildman–Crippen LogP) is -0.173. The second kappa shape index (κ2) is 1.58. The lowest BCUT2D eigenvalue weighted by Crippen LogP contribution is -2.51. The van der Waals surface area contributed by atoms with Crippen LogP contribution in [0.4, 0.5) is 0 Å². The van der Waals surface area contributed by atoms with E-state index in [1.54, 1.807) is 0 Å². The summed E-state index contributed by atoms with van der Waals surface area (Å²) in [5.74, 6) is 0. The second-order valence-corrected chi connectivity index (χ2v) is 1.55. The normalized spacial score (nSPS) is 23.5. The zero-order valence-corrected chi connectivity index (χ0v) is 4.07. The second-order valence-electron chi connectivity index (χ2n) is 1.55. The number of nitrogens with one attached hydrogen (secondary N) is 1. The van der Waals surface area contributed by atoms with Gasteiger partial charge in [-0.05, 0) is 6.54 Å². The monoisotopic (exact) mass is 86.1 g/mol. The average Bonchev–Trinajstić information content (AvgIpc) is 1.31. The Morgan fingerprint density at radius 2 is 2.33 bits per heavy atom. The fourth-order valence-corrected chi connectivity index (χ4v) is 0.494. The van der Waals surface area contributed by atoms with Gasteiger partial charge in [0.05, 0.1) is 13.3 Å². The summed E-state index contributed by atoms with van der Waals surface area (Å²) >= 11 is 0. The van der Waals surface area contributed by atoms with Gasteiger partial charge in [0.25, 0.3) is 0 Å². The minimum absolute atomic E-state index is 1.09. The van der Waals surface area contributed by atoms with Gasteiger partial charge in [-0.1, -0.05) is 6.92 Å². The van der Waals surface area contributed by atoms with E-state index in [0.29, 0.717) is 0 Å². The lowest BCUT2D eigenvalue weighted by atomic mass is 10.5. The molecule has 0 bridgehead atoms. The van der Waals surface area contributed by atoms with Crippen LogP contribution < -0.4 is 5.32 Å². The molecule has 2 nitrogen and oxygen atoms in total. The highest BCUT2D eigenvalue weighted by Crippen LogP contribution is 1.88. The van der Waals surface area contributed by atoms with Crippen molar-refractivity contribution in [1.82, 2.24) is 10.2 Å². The molecule has 6 heavy (non-hydrogen) atoms. The molecule has 0 spiro atoms. The van der Waals surface area contributed by atoms with Crippen LogP contribution in [0, 0.1) is 0 Å². The van der Waals surface area contributed by atoms with Gasteiger partial charge in [0.1, 0.15) is 0 Å². The number of hydrogen-bond donors (Lipinski definition) is 1. The van der Waals surface area contributed by atoms with Crippen molar-refractivity contribution in [2.45, 2.75) is 6.92 Å². The molecule has 0 atom stereocenters. The van der Waals surface area contributed by atoms with E-state index in [-0.39, 0.29) is 0 Å². The van der Waals surface area contributed by atoms with Crippen LogP contribution in [0.3, 0.4) is 0 Å². The Morgan fingerprint density at radius 3 is 2.33 bits per heavy atom. The minimum Gasteiger partial charge on any atom is -0.291 e. The van der Waals surface area contributed by atoms with E-state index >= 15 is 0 Å². The maximum atomic E-state index is 3.14. The van der Waals surface area contributed by atoms with Gasteiger partial charge in [-0.2, -0.15) is 0 Å². The number of hydrogen-bond acceptors (Lipinski definition) is 2. The molecule has 1 aliphatic rings. The first-order valence-electron chi connectivity index (χ1n) is 2.36. The molecule has 36 valence electrons. The molecule has 0 aromatic carbocycles. The molecule has 0 radical (unpaired) electrons. The molecule has 0 aliphatic carbocycles. The van der Waals surface area contributed by atoms with E-state index in [9.17, 15) is 0 Å². The van der Waals surface area contributed by atoms with Gasteiger partial charge >= 0.3 is 0 Å². The summed E-state index contributed by atoms with van der Waals surface area (Å²) < 4.78 is 0. The van der Waals surface area contributed by atoms with Gasteiger partial charge in [0.15, 0.2) is 0 Å². The molecule has 1 heterocycles. The maximum absolute atomic E-state index is 3.14. The van der Waals surface area contributed by atoms with Crippen molar-refractivity contribution in [3.8, 4) is 0 Å². The molecule has 2 heteroatoms. The van der Waals surface area contributed by atoms with Gasteiger partial charge in [0.2, 0.25) is 0 Å². The molecule has 0 aromatic heterocycles. The highest BCUT2D eigenvalue weighted by molar-refractivity contribution is 4.58. The summed E-state index contributed by atoms with van der Waals surface area (Å²) in [6, 6.07) is 0. The largest absolute Gasteiger partial charge is 0.291 e. The van der Waals surface area contributed by atoms with Gasteiger partial charge < -0.3 is 0 Å². The fraction of sp³-hybridized carbons (Fsp3) is 1.00. The summed E-state index contributed by atoms with van der Waals surface area (Å²) in [5, 5.41) is 3.14. The summed E-state index contributed by atoms with van der Waals surface area (Å²) in [5.41, 5.74) is 0. The third-order valence-electron chi connectivity index (χ3n) is 1.12. The standard InChI is InChI=1S/C4H10N2/c1-2-6-3-5-4-6/h5H,2-4H2,1H3. The van der Waals surface area contributed by atoms with Crippen molar-refractivity contribution < 1.29 is 0 Å². The van der Waals surface area contributed by atoms with Gasteiger partial charge in [-0.25, -0.2) is 0 Å². The smallest absolute Gasteiger partial charge is 0.0502 e. The van der Waals surface area contributed by atoms with E-state index in [1.807, 2.05) is 0 Å². The van der Waals surface area contributed by atoms with Crippen molar-refractivity contribution in [3.63, 3.8) is 0 Å². The fourth-order valence-electron chi connectivity index (χ4n) is 0.494.